The van der Waals surface area contributed by atoms with E-state index in [0.29, 0.717) is 18.1 Å². The Hall–Kier alpha value is -1.10. The first kappa shape index (κ1) is 16.0. The first-order valence-corrected chi connectivity index (χ1v) is 6.76. The zero-order chi connectivity index (χ0) is 14.3. The molecule has 2 N–H and O–H groups in total. The van der Waals surface area contributed by atoms with Crippen LogP contribution in [0.25, 0.3) is 0 Å². The quantitative estimate of drug-likeness (QED) is 0.770. The van der Waals surface area contributed by atoms with E-state index in [1.54, 1.807) is 0 Å². The average molecular weight is 286 g/mol. The van der Waals surface area contributed by atoms with Gasteiger partial charge in [-0.1, -0.05) is 36.7 Å². The van der Waals surface area contributed by atoms with Crippen LogP contribution in [0.3, 0.4) is 0 Å². The van der Waals surface area contributed by atoms with E-state index in [1.165, 1.54) is 0 Å². The van der Waals surface area contributed by atoms with E-state index >= 15 is 0 Å². The largest absolute Gasteiger partial charge is 0.481 e. The zero-order valence-corrected chi connectivity index (χ0v) is 11.8. The van der Waals surface area contributed by atoms with Gasteiger partial charge in [-0.3, -0.25) is 9.69 Å². The van der Waals surface area contributed by atoms with Crippen LogP contribution >= 0.6 is 11.6 Å². The number of carboxylic acids is 1. The summed E-state index contributed by atoms with van der Waals surface area (Å²) >= 11 is 6.12. The summed E-state index contributed by atoms with van der Waals surface area (Å²) in [5, 5.41) is 18.8. The van der Waals surface area contributed by atoms with Crippen molar-refractivity contribution in [2.24, 2.45) is 0 Å². The van der Waals surface area contributed by atoms with Crippen molar-refractivity contribution in [2.75, 3.05) is 13.2 Å². The number of halogens is 1. The molecule has 0 spiro atoms. The van der Waals surface area contributed by atoms with E-state index in [0.717, 1.165) is 12.0 Å². The number of aliphatic hydroxyl groups is 1. The number of carbonyl (C=O) groups is 1. The first-order valence-electron chi connectivity index (χ1n) is 6.38. The summed E-state index contributed by atoms with van der Waals surface area (Å²) in [4.78, 5) is 12.7. The number of hydrogen-bond donors (Lipinski definition) is 2. The molecule has 5 heteroatoms. The van der Waals surface area contributed by atoms with Crippen molar-refractivity contribution in [3.63, 3.8) is 0 Å². The lowest BCUT2D eigenvalue weighted by Gasteiger charge is -2.29. The first-order chi connectivity index (χ1) is 9.08. The fraction of sp³-hybridized carbons (Fsp3) is 0.500. The van der Waals surface area contributed by atoms with Gasteiger partial charge in [-0.25, -0.2) is 0 Å². The maximum atomic E-state index is 10.7. The highest BCUT2D eigenvalue weighted by molar-refractivity contribution is 6.31. The molecule has 0 aliphatic rings. The normalized spacial score (nSPS) is 12.6. The summed E-state index contributed by atoms with van der Waals surface area (Å²) in [6, 6.07) is 7.44. The lowest BCUT2D eigenvalue weighted by molar-refractivity contribution is -0.137. The van der Waals surface area contributed by atoms with Crippen molar-refractivity contribution in [1.82, 2.24) is 4.90 Å². The highest BCUT2D eigenvalue weighted by Gasteiger charge is 2.18. The number of nitrogens with zero attached hydrogens (tertiary/aromatic N) is 1. The lowest BCUT2D eigenvalue weighted by atomic mass is 10.1. The summed E-state index contributed by atoms with van der Waals surface area (Å²) in [6.45, 7) is 2.94. The van der Waals surface area contributed by atoms with Gasteiger partial charge in [0.15, 0.2) is 0 Å². The third-order valence-electron chi connectivity index (χ3n) is 3.14. The zero-order valence-electron chi connectivity index (χ0n) is 11.1. The van der Waals surface area contributed by atoms with Crippen LogP contribution in [0.1, 0.15) is 25.3 Å². The molecule has 0 bridgehead atoms. The van der Waals surface area contributed by atoms with Crippen LogP contribution in [0.2, 0.25) is 5.02 Å². The molecule has 1 rings (SSSR count). The molecular weight excluding hydrogens is 266 g/mol. The number of aliphatic carboxylic acids is 1. The highest BCUT2D eigenvalue weighted by Crippen LogP contribution is 2.19. The van der Waals surface area contributed by atoms with Crippen molar-refractivity contribution in [1.29, 1.82) is 0 Å². The van der Waals surface area contributed by atoms with E-state index in [4.69, 9.17) is 16.7 Å². The second kappa shape index (κ2) is 8.15. The minimum absolute atomic E-state index is 0.0145. The molecule has 0 heterocycles. The molecule has 4 nitrogen and oxygen atoms in total. The van der Waals surface area contributed by atoms with Gasteiger partial charge in [-0.2, -0.15) is 0 Å². The van der Waals surface area contributed by atoms with Crippen LogP contribution in [0.15, 0.2) is 24.3 Å². The van der Waals surface area contributed by atoms with Gasteiger partial charge in [0.25, 0.3) is 0 Å². The summed E-state index contributed by atoms with van der Waals surface area (Å²) in [5.74, 6) is -0.836. The predicted octanol–water partition coefficient (Wildman–Crippen LogP) is 2.39. The topological polar surface area (TPSA) is 60.8 Å². The molecule has 0 amide bonds. The summed E-state index contributed by atoms with van der Waals surface area (Å²) in [5.41, 5.74) is 0.946. The second-order valence-electron chi connectivity index (χ2n) is 4.45. The van der Waals surface area contributed by atoms with Crippen LogP contribution in [0.5, 0.6) is 0 Å². The molecule has 0 aliphatic carbocycles. The number of carboxylic acid groups (broad SMARTS) is 1. The molecule has 1 unspecified atom stereocenters. The van der Waals surface area contributed by atoms with E-state index in [9.17, 15) is 9.90 Å². The fourth-order valence-electron chi connectivity index (χ4n) is 1.98. The Morgan fingerprint density at radius 3 is 2.63 bits per heavy atom. The van der Waals surface area contributed by atoms with Crippen LogP contribution in [-0.4, -0.2) is 40.3 Å². The van der Waals surface area contributed by atoms with E-state index in [2.05, 4.69) is 0 Å². The Morgan fingerprint density at radius 2 is 2.11 bits per heavy atom. The number of aliphatic hydroxyl groups excluding tert-OH is 1. The van der Waals surface area contributed by atoms with Gasteiger partial charge >= 0.3 is 5.97 Å². The molecule has 1 aromatic carbocycles. The van der Waals surface area contributed by atoms with Crippen molar-refractivity contribution >= 4 is 17.6 Å². The van der Waals surface area contributed by atoms with Gasteiger partial charge in [-0.05, 0) is 18.1 Å². The van der Waals surface area contributed by atoms with E-state index in [-0.39, 0.29) is 19.1 Å². The van der Waals surface area contributed by atoms with Crippen molar-refractivity contribution in [2.45, 2.75) is 32.4 Å². The third-order valence-corrected chi connectivity index (χ3v) is 3.51. The van der Waals surface area contributed by atoms with Crippen molar-refractivity contribution in [3.05, 3.63) is 34.9 Å². The monoisotopic (exact) mass is 285 g/mol. The Balaban J connectivity index is 2.78. The molecule has 0 aliphatic heterocycles. The Kier molecular flexibility index (Phi) is 6.84. The molecule has 0 saturated carbocycles. The van der Waals surface area contributed by atoms with Crippen molar-refractivity contribution in [3.8, 4) is 0 Å². The van der Waals surface area contributed by atoms with Gasteiger partial charge < -0.3 is 10.2 Å². The minimum Gasteiger partial charge on any atom is -0.481 e. The predicted molar refractivity (Wildman–Crippen MR) is 75.3 cm³/mol. The van der Waals surface area contributed by atoms with Gasteiger partial charge in [0.1, 0.15) is 0 Å². The number of hydrogen-bond acceptors (Lipinski definition) is 3. The maximum absolute atomic E-state index is 10.7. The molecule has 19 heavy (non-hydrogen) atoms. The van der Waals surface area contributed by atoms with E-state index in [1.807, 2.05) is 36.1 Å². The van der Waals surface area contributed by atoms with Gasteiger partial charge in [0, 0.05) is 24.2 Å². The van der Waals surface area contributed by atoms with Crippen LogP contribution in [0, 0.1) is 0 Å². The molecule has 106 valence electrons. The van der Waals surface area contributed by atoms with E-state index < -0.39 is 5.97 Å². The van der Waals surface area contributed by atoms with Crippen molar-refractivity contribution < 1.29 is 15.0 Å². The summed E-state index contributed by atoms with van der Waals surface area (Å²) in [6.07, 6.45) is 0.821. The fourth-order valence-corrected chi connectivity index (χ4v) is 2.17. The Bertz CT molecular complexity index is 407. The Morgan fingerprint density at radius 1 is 1.42 bits per heavy atom. The smallest absolute Gasteiger partial charge is 0.304 e. The van der Waals surface area contributed by atoms with Crippen LogP contribution in [-0.2, 0) is 11.3 Å². The van der Waals surface area contributed by atoms with Gasteiger partial charge in [0.05, 0.1) is 13.0 Å². The third kappa shape index (κ3) is 5.19. The molecule has 0 aromatic heterocycles. The standard InChI is InChI=1S/C14H20ClNO3/c1-2-12(10-17)16(8-7-14(18)19)9-11-5-3-4-6-13(11)15/h3-6,12,17H,2,7-10H2,1H3,(H,18,19). The SMILES string of the molecule is CCC(CO)N(CCC(=O)O)Cc1ccccc1Cl. The Labute approximate surface area is 118 Å². The molecular formula is C14H20ClNO3. The molecule has 0 radical (unpaired) electrons. The maximum Gasteiger partial charge on any atom is 0.304 e. The lowest BCUT2D eigenvalue weighted by Crippen LogP contribution is -2.38. The van der Waals surface area contributed by atoms with Gasteiger partial charge in [-0.15, -0.1) is 0 Å². The minimum atomic E-state index is -0.836. The summed E-state index contributed by atoms with van der Waals surface area (Å²) < 4.78 is 0. The molecule has 1 aromatic rings. The molecule has 0 saturated heterocycles. The molecule has 0 fully saturated rings. The molecule has 1 atom stereocenters. The van der Waals surface area contributed by atoms with Gasteiger partial charge in [0.2, 0.25) is 0 Å². The summed E-state index contributed by atoms with van der Waals surface area (Å²) in [7, 11) is 0. The number of rotatable bonds is 8. The number of benzene rings is 1. The van der Waals surface area contributed by atoms with Crippen LogP contribution < -0.4 is 0 Å². The second-order valence-corrected chi connectivity index (χ2v) is 4.86. The average Bonchev–Trinajstić information content (AvgIpc) is 2.39. The van der Waals surface area contributed by atoms with Crippen LogP contribution in [0.4, 0.5) is 0 Å². The highest BCUT2D eigenvalue weighted by atomic mass is 35.5.